The largest absolute Gasteiger partial charge is 0.379 e. The average molecular weight is 563 g/mol. The number of pyridine rings is 1. The Morgan fingerprint density at radius 2 is 1.93 bits per heavy atom. The maximum Gasteiger partial charge on any atom is 0.250 e. The van der Waals surface area contributed by atoms with Crippen LogP contribution in [-0.4, -0.2) is 72.0 Å². The van der Waals surface area contributed by atoms with E-state index in [0.717, 1.165) is 57.2 Å². The zero-order valence-electron chi connectivity index (χ0n) is 23.4. The molecule has 0 bridgehead atoms. The van der Waals surface area contributed by atoms with Gasteiger partial charge in [0.25, 0.3) is 0 Å². The Kier molecular flexibility index (Phi) is 9.11. The van der Waals surface area contributed by atoms with Crippen molar-refractivity contribution >= 4 is 34.6 Å². The van der Waals surface area contributed by atoms with Crippen LogP contribution in [0.1, 0.15) is 41.1 Å². The number of ether oxygens (including phenoxy) is 2. The van der Waals surface area contributed by atoms with Gasteiger partial charge < -0.3 is 29.6 Å². The zero-order valence-corrected chi connectivity index (χ0v) is 24.2. The van der Waals surface area contributed by atoms with Crippen molar-refractivity contribution in [1.29, 1.82) is 0 Å². The summed E-state index contributed by atoms with van der Waals surface area (Å²) < 4.78 is 12.9. The van der Waals surface area contributed by atoms with Crippen LogP contribution in [0.2, 0.25) is 0 Å². The summed E-state index contributed by atoms with van der Waals surface area (Å²) in [7, 11) is 1.50. The number of benzene rings is 1. The number of rotatable bonds is 10. The lowest BCUT2D eigenvalue weighted by Crippen LogP contribution is -2.37. The summed E-state index contributed by atoms with van der Waals surface area (Å²) in [6.45, 7) is 10.1. The third-order valence-electron chi connectivity index (χ3n) is 7.69. The maximum atomic E-state index is 12.0. The number of nitrogens with one attached hydrogen (secondary N) is 2. The molecule has 10 heteroatoms. The van der Waals surface area contributed by atoms with Crippen LogP contribution in [0.3, 0.4) is 0 Å². The van der Waals surface area contributed by atoms with Crippen LogP contribution in [0.15, 0.2) is 54.7 Å². The Bertz CT molecular complexity index is 1310. The van der Waals surface area contributed by atoms with Crippen molar-refractivity contribution in [2.45, 2.75) is 38.9 Å². The highest BCUT2D eigenvalue weighted by Gasteiger charge is 2.42. The molecular weight excluding hydrogens is 524 g/mol. The van der Waals surface area contributed by atoms with Gasteiger partial charge in [-0.3, -0.25) is 14.7 Å². The summed E-state index contributed by atoms with van der Waals surface area (Å²) in [5.74, 6) is -0.192. The van der Waals surface area contributed by atoms with Crippen molar-refractivity contribution in [3.05, 3.63) is 77.4 Å². The molecule has 40 heavy (non-hydrogen) atoms. The van der Waals surface area contributed by atoms with Crippen molar-refractivity contribution in [1.82, 2.24) is 19.8 Å². The van der Waals surface area contributed by atoms with Crippen molar-refractivity contribution < 1.29 is 14.3 Å². The molecule has 2 fully saturated rings. The molecule has 212 valence electrons. The van der Waals surface area contributed by atoms with Gasteiger partial charge in [0.2, 0.25) is 5.91 Å². The molecular formula is C30H38N6O3S. The lowest BCUT2D eigenvalue weighted by atomic mass is 9.96. The molecule has 2 aliphatic rings. The number of amides is 1. The smallest absolute Gasteiger partial charge is 0.250 e. The molecule has 4 heterocycles. The summed E-state index contributed by atoms with van der Waals surface area (Å²) in [5, 5.41) is 7.06. The van der Waals surface area contributed by atoms with Gasteiger partial charge in [-0.05, 0) is 80.5 Å². The van der Waals surface area contributed by atoms with Crippen LogP contribution in [0, 0.1) is 13.8 Å². The first-order valence-corrected chi connectivity index (χ1v) is 14.2. The van der Waals surface area contributed by atoms with Crippen molar-refractivity contribution in [3.63, 3.8) is 0 Å². The van der Waals surface area contributed by atoms with Gasteiger partial charge >= 0.3 is 0 Å². The fourth-order valence-corrected chi connectivity index (χ4v) is 6.08. The van der Waals surface area contributed by atoms with Gasteiger partial charge in [0.05, 0.1) is 31.0 Å². The fraction of sp³-hybridized carbons (Fsp3) is 0.433. The van der Waals surface area contributed by atoms with Crippen LogP contribution in [0.25, 0.3) is 0 Å². The van der Waals surface area contributed by atoms with E-state index < -0.39 is 0 Å². The number of methoxy groups -OCH3 is 1. The van der Waals surface area contributed by atoms with E-state index in [0.29, 0.717) is 10.8 Å². The molecule has 2 N–H and O–H groups in total. The first-order valence-electron chi connectivity index (χ1n) is 13.8. The predicted molar refractivity (Wildman–Crippen MR) is 161 cm³/mol. The highest BCUT2D eigenvalue weighted by atomic mass is 32.1. The quantitative estimate of drug-likeness (QED) is 0.359. The maximum absolute atomic E-state index is 12.0. The number of aromatic nitrogens is 2. The Morgan fingerprint density at radius 3 is 2.62 bits per heavy atom. The number of nitrogens with zero attached hydrogens (tertiary/aromatic N) is 4. The molecule has 3 aromatic rings. The molecule has 2 atom stereocenters. The normalized spacial score (nSPS) is 19.6. The monoisotopic (exact) mass is 562 g/mol. The van der Waals surface area contributed by atoms with Crippen LogP contribution >= 0.6 is 12.2 Å². The number of carbonyl (C=O) groups is 1. The van der Waals surface area contributed by atoms with Gasteiger partial charge in [-0.2, -0.15) is 0 Å². The number of hydrogen-bond acceptors (Lipinski definition) is 6. The van der Waals surface area contributed by atoms with E-state index in [2.05, 4.69) is 44.9 Å². The van der Waals surface area contributed by atoms with Crippen LogP contribution in [0.4, 0.5) is 11.4 Å². The van der Waals surface area contributed by atoms with E-state index in [1.54, 1.807) is 0 Å². The lowest BCUT2D eigenvalue weighted by molar-refractivity contribution is -0.119. The van der Waals surface area contributed by atoms with Crippen molar-refractivity contribution in [2.75, 3.05) is 56.8 Å². The molecule has 0 unspecified atom stereocenters. The molecule has 5 rings (SSSR count). The number of aryl methyl sites for hydroxylation is 1. The van der Waals surface area contributed by atoms with Crippen LogP contribution in [-0.2, 0) is 20.8 Å². The number of anilines is 2. The van der Waals surface area contributed by atoms with Gasteiger partial charge in [0.1, 0.15) is 6.61 Å². The SMILES string of the molecule is COCC(=O)Nc1ccc(N2C(=S)N[C@H](c3ccccn3)[C@H]2c2cc(C)n(CCCN3CCOCC3)c2C)cc1. The summed E-state index contributed by atoms with van der Waals surface area (Å²) in [6.07, 6.45) is 2.91. The van der Waals surface area contributed by atoms with Gasteiger partial charge in [-0.15, -0.1) is 0 Å². The van der Waals surface area contributed by atoms with Gasteiger partial charge in [-0.25, -0.2) is 0 Å². The molecule has 2 saturated heterocycles. The molecule has 0 spiro atoms. The predicted octanol–water partition coefficient (Wildman–Crippen LogP) is 3.98. The Morgan fingerprint density at radius 1 is 1.15 bits per heavy atom. The molecule has 0 saturated carbocycles. The zero-order chi connectivity index (χ0) is 28.1. The van der Waals surface area contributed by atoms with Gasteiger partial charge in [0, 0.05) is 62.2 Å². The summed E-state index contributed by atoms with van der Waals surface area (Å²) in [6, 6.07) is 15.9. The van der Waals surface area contributed by atoms with E-state index in [4.69, 9.17) is 26.7 Å². The number of thiocarbonyl (C=S) groups is 1. The molecule has 9 nitrogen and oxygen atoms in total. The molecule has 2 aromatic heterocycles. The van der Waals surface area contributed by atoms with Crippen LogP contribution < -0.4 is 15.5 Å². The summed E-state index contributed by atoms with van der Waals surface area (Å²) >= 11 is 5.92. The van der Waals surface area contributed by atoms with Gasteiger partial charge in [-0.1, -0.05) is 6.07 Å². The third kappa shape index (κ3) is 6.20. The van der Waals surface area contributed by atoms with E-state index in [9.17, 15) is 4.79 Å². The number of morpholine rings is 1. The lowest BCUT2D eigenvalue weighted by Gasteiger charge is -2.28. The minimum atomic E-state index is -0.192. The standard InChI is InChI=1S/C30H38N6O3S/c1-21-19-25(22(2)35(21)14-6-13-34-15-17-39-18-16-34)29-28(26-7-4-5-12-31-26)33-30(40)36(29)24-10-8-23(9-11-24)32-27(37)20-38-3/h4-5,7-12,19,28-29H,6,13-18,20H2,1-3H3,(H,32,37)(H,33,40)/t28-,29-/m1/s1. The van der Waals surface area contributed by atoms with Crippen molar-refractivity contribution in [3.8, 4) is 0 Å². The fourth-order valence-electron chi connectivity index (χ4n) is 5.73. The van der Waals surface area contributed by atoms with Crippen molar-refractivity contribution in [2.24, 2.45) is 0 Å². The highest BCUT2D eigenvalue weighted by molar-refractivity contribution is 7.80. The van der Waals surface area contributed by atoms with E-state index in [1.165, 1.54) is 24.1 Å². The second-order valence-electron chi connectivity index (χ2n) is 10.3. The first-order chi connectivity index (χ1) is 19.5. The van der Waals surface area contributed by atoms with Crippen LogP contribution in [0.5, 0.6) is 0 Å². The van der Waals surface area contributed by atoms with E-state index in [1.807, 2.05) is 48.7 Å². The second kappa shape index (κ2) is 12.9. The topological polar surface area (TPSA) is 83.9 Å². The average Bonchev–Trinajstić information content (AvgIpc) is 3.45. The molecule has 0 aliphatic carbocycles. The second-order valence-corrected chi connectivity index (χ2v) is 10.7. The minimum absolute atomic E-state index is 0.0117. The van der Waals surface area contributed by atoms with Gasteiger partial charge in [0.15, 0.2) is 5.11 Å². The summed E-state index contributed by atoms with van der Waals surface area (Å²) in [4.78, 5) is 21.3. The minimum Gasteiger partial charge on any atom is -0.379 e. The molecule has 0 radical (unpaired) electrons. The summed E-state index contributed by atoms with van der Waals surface area (Å²) in [5.41, 5.74) is 6.30. The molecule has 1 amide bonds. The Hall–Kier alpha value is -3.31. The first kappa shape index (κ1) is 28.2. The molecule has 2 aliphatic heterocycles. The Balaban J connectivity index is 1.43. The van der Waals surface area contributed by atoms with E-state index in [-0.39, 0.29) is 24.6 Å². The Labute approximate surface area is 241 Å². The van der Waals surface area contributed by atoms with E-state index >= 15 is 0 Å². The number of hydrogen-bond donors (Lipinski definition) is 2. The molecule has 1 aromatic carbocycles. The number of carbonyl (C=O) groups excluding carboxylic acids is 1. The highest BCUT2D eigenvalue weighted by Crippen LogP contribution is 2.43. The third-order valence-corrected chi connectivity index (χ3v) is 8.01.